The lowest BCUT2D eigenvalue weighted by atomic mass is 10.0. The van der Waals surface area contributed by atoms with Gasteiger partial charge in [0.25, 0.3) is 5.91 Å². The molecule has 1 aromatic carbocycles. The number of amides is 1. The van der Waals surface area contributed by atoms with E-state index in [1.54, 1.807) is 24.5 Å². The second-order valence-corrected chi connectivity index (χ2v) is 6.03. The molecule has 24 heavy (non-hydrogen) atoms. The molecule has 3 aromatic rings. The summed E-state index contributed by atoms with van der Waals surface area (Å²) in [5, 5.41) is 2.79. The Bertz CT molecular complexity index is 856. The van der Waals surface area contributed by atoms with Crippen LogP contribution in [0.2, 0.25) is 0 Å². The summed E-state index contributed by atoms with van der Waals surface area (Å²) in [5.74, 6) is 1.06. The number of hydrogen-bond donors (Lipinski definition) is 1. The maximum absolute atomic E-state index is 12.1. The van der Waals surface area contributed by atoms with Crippen LogP contribution in [0.4, 0.5) is 5.82 Å². The predicted octanol–water partition coefficient (Wildman–Crippen LogP) is 4.27. The highest BCUT2D eigenvalue weighted by atomic mass is 16.1. The number of benzene rings is 1. The number of nitrogens with one attached hydrogen (secondary N) is 1. The van der Waals surface area contributed by atoms with E-state index in [1.807, 2.05) is 12.1 Å². The first kappa shape index (κ1) is 14.6. The number of anilines is 1. The summed E-state index contributed by atoms with van der Waals surface area (Å²) < 4.78 is 0. The first-order valence-corrected chi connectivity index (χ1v) is 8.07. The molecule has 0 radical (unpaired) electrons. The van der Waals surface area contributed by atoms with Crippen molar-refractivity contribution in [2.75, 3.05) is 5.32 Å². The van der Waals surface area contributed by atoms with E-state index in [-0.39, 0.29) is 5.91 Å². The summed E-state index contributed by atoms with van der Waals surface area (Å²) in [7, 11) is 0. The SMILES string of the molecule is O=C(Nc1ccc(-c2cccc(C3CC3)c2)cn1)c1cccnc1. The topological polar surface area (TPSA) is 54.9 Å². The largest absolute Gasteiger partial charge is 0.307 e. The molecule has 118 valence electrons. The van der Waals surface area contributed by atoms with Gasteiger partial charge >= 0.3 is 0 Å². The molecular weight excluding hydrogens is 298 g/mol. The van der Waals surface area contributed by atoms with Crippen LogP contribution in [0.25, 0.3) is 11.1 Å². The van der Waals surface area contributed by atoms with Crippen LogP contribution < -0.4 is 5.32 Å². The minimum Gasteiger partial charge on any atom is -0.307 e. The van der Waals surface area contributed by atoms with Crippen LogP contribution in [0.1, 0.15) is 34.7 Å². The smallest absolute Gasteiger partial charge is 0.258 e. The van der Waals surface area contributed by atoms with Gasteiger partial charge in [-0.05, 0) is 54.2 Å². The minimum atomic E-state index is -0.209. The second-order valence-electron chi connectivity index (χ2n) is 6.03. The Labute approximate surface area is 140 Å². The molecule has 1 fully saturated rings. The number of aromatic nitrogens is 2. The Morgan fingerprint density at radius 3 is 2.62 bits per heavy atom. The van der Waals surface area contributed by atoms with Crippen molar-refractivity contribution in [3.8, 4) is 11.1 Å². The molecule has 1 saturated carbocycles. The molecule has 4 nitrogen and oxygen atoms in total. The average molecular weight is 315 g/mol. The molecule has 4 rings (SSSR count). The fourth-order valence-corrected chi connectivity index (χ4v) is 2.71. The lowest BCUT2D eigenvalue weighted by Crippen LogP contribution is -2.12. The van der Waals surface area contributed by atoms with Gasteiger partial charge in [0, 0.05) is 24.2 Å². The van der Waals surface area contributed by atoms with E-state index in [9.17, 15) is 4.79 Å². The Balaban J connectivity index is 1.50. The summed E-state index contributed by atoms with van der Waals surface area (Å²) in [6.45, 7) is 0. The van der Waals surface area contributed by atoms with Crippen molar-refractivity contribution in [2.45, 2.75) is 18.8 Å². The second kappa shape index (κ2) is 6.24. The van der Waals surface area contributed by atoms with Crippen LogP contribution in [0.15, 0.2) is 67.1 Å². The molecule has 0 atom stereocenters. The van der Waals surface area contributed by atoms with E-state index in [0.29, 0.717) is 11.4 Å². The lowest BCUT2D eigenvalue weighted by Gasteiger charge is -2.07. The third kappa shape index (κ3) is 3.18. The van der Waals surface area contributed by atoms with Gasteiger partial charge in [-0.25, -0.2) is 4.98 Å². The van der Waals surface area contributed by atoms with Gasteiger partial charge in [0.2, 0.25) is 0 Å². The fraction of sp³-hybridized carbons (Fsp3) is 0.150. The van der Waals surface area contributed by atoms with Gasteiger partial charge in [0.1, 0.15) is 5.82 Å². The van der Waals surface area contributed by atoms with Crippen molar-refractivity contribution in [1.82, 2.24) is 9.97 Å². The molecular formula is C20H17N3O. The van der Waals surface area contributed by atoms with Gasteiger partial charge in [-0.3, -0.25) is 9.78 Å². The highest BCUT2D eigenvalue weighted by molar-refractivity contribution is 6.03. The van der Waals surface area contributed by atoms with Crippen LogP contribution >= 0.6 is 0 Å². The summed E-state index contributed by atoms with van der Waals surface area (Å²) in [6, 6.07) is 15.9. The van der Waals surface area contributed by atoms with E-state index in [0.717, 1.165) is 17.0 Å². The van der Waals surface area contributed by atoms with Gasteiger partial charge < -0.3 is 5.32 Å². The maximum atomic E-state index is 12.1. The third-order valence-corrected chi connectivity index (χ3v) is 4.20. The maximum Gasteiger partial charge on any atom is 0.258 e. The molecule has 1 N–H and O–H groups in total. The molecule has 0 spiro atoms. The monoisotopic (exact) mass is 315 g/mol. The Kier molecular flexibility index (Phi) is 3.79. The van der Waals surface area contributed by atoms with Crippen LogP contribution in [0, 0.1) is 0 Å². The first-order chi connectivity index (χ1) is 11.8. The molecule has 0 bridgehead atoms. The van der Waals surface area contributed by atoms with Gasteiger partial charge in [-0.15, -0.1) is 0 Å². The van der Waals surface area contributed by atoms with E-state index in [2.05, 4.69) is 39.6 Å². The summed E-state index contributed by atoms with van der Waals surface area (Å²) in [5.41, 5.74) is 4.14. The zero-order chi connectivity index (χ0) is 16.4. The fourth-order valence-electron chi connectivity index (χ4n) is 2.71. The van der Waals surface area contributed by atoms with Crippen molar-refractivity contribution in [1.29, 1.82) is 0 Å². The molecule has 0 aliphatic heterocycles. The minimum absolute atomic E-state index is 0.209. The Morgan fingerprint density at radius 1 is 1.00 bits per heavy atom. The van der Waals surface area contributed by atoms with Crippen molar-refractivity contribution < 1.29 is 4.79 Å². The number of carbonyl (C=O) groups excluding carboxylic acids is 1. The lowest BCUT2D eigenvalue weighted by molar-refractivity contribution is 0.102. The van der Waals surface area contributed by atoms with E-state index in [4.69, 9.17) is 0 Å². The molecule has 2 heterocycles. The zero-order valence-electron chi connectivity index (χ0n) is 13.1. The number of carbonyl (C=O) groups is 1. The standard InChI is InChI=1S/C20H17N3O/c24-20(18-5-2-10-21-12-18)23-19-9-8-17(13-22-19)16-4-1-3-15(11-16)14-6-7-14/h1-5,8-14H,6-7H2,(H,22,23,24). The molecule has 1 aliphatic carbocycles. The first-order valence-electron chi connectivity index (χ1n) is 8.07. The van der Waals surface area contributed by atoms with Gasteiger partial charge in [0.15, 0.2) is 0 Å². The Morgan fingerprint density at radius 2 is 1.92 bits per heavy atom. The summed E-state index contributed by atoms with van der Waals surface area (Å²) in [6.07, 6.45) is 7.56. The van der Waals surface area contributed by atoms with Crippen molar-refractivity contribution in [3.05, 3.63) is 78.2 Å². The van der Waals surface area contributed by atoms with Crippen molar-refractivity contribution in [2.24, 2.45) is 0 Å². The van der Waals surface area contributed by atoms with Crippen molar-refractivity contribution in [3.63, 3.8) is 0 Å². The van der Waals surface area contributed by atoms with Crippen LogP contribution in [0.3, 0.4) is 0 Å². The quantitative estimate of drug-likeness (QED) is 0.782. The Hall–Kier alpha value is -3.01. The van der Waals surface area contributed by atoms with E-state index in [1.165, 1.54) is 24.6 Å². The van der Waals surface area contributed by atoms with Gasteiger partial charge in [-0.2, -0.15) is 0 Å². The normalized spacial score (nSPS) is 13.5. The number of pyridine rings is 2. The number of rotatable bonds is 4. The highest BCUT2D eigenvalue weighted by Crippen LogP contribution is 2.41. The van der Waals surface area contributed by atoms with Gasteiger partial charge in [-0.1, -0.05) is 24.3 Å². The molecule has 4 heteroatoms. The molecule has 1 aliphatic rings. The molecule has 2 aromatic heterocycles. The molecule has 0 unspecified atom stereocenters. The average Bonchev–Trinajstić information content (AvgIpc) is 3.48. The van der Waals surface area contributed by atoms with Crippen LogP contribution in [-0.2, 0) is 0 Å². The highest BCUT2D eigenvalue weighted by Gasteiger charge is 2.23. The summed E-state index contributed by atoms with van der Waals surface area (Å²) in [4.78, 5) is 20.4. The number of nitrogens with zero attached hydrogens (tertiary/aromatic N) is 2. The van der Waals surface area contributed by atoms with Gasteiger partial charge in [0.05, 0.1) is 5.56 Å². The number of hydrogen-bond acceptors (Lipinski definition) is 3. The van der Waals surface area contributed by atoms with Crippen molar-refractivity contribution >= 4 is 11.7 Å². The molecule has 0 saturated heterocycles. The zero-order valence-corrected chi connectivity index (χ0v) is 13.1. The van der Waals surface area contributed by atoms with Crippen LogP contribution in [-0.4, -0.2) is 15.9 Å². The van der Waals surface area contributed by atoms with Crippen LogP contribution in [0.5, 0.6) is 0 Å². The van der Waals surface area contributed by atoms with E-state index >= 15 is 0 Å². The van der Waals surface area contributed by atoms with E-state index < -0.39 is 0 Å². The molecule has 1 amide bonds. The summed E-state index contributed by atoms with van der Waals surface area (Å²) >= 11 is 0. The third-order valence-electron chi connectivity index (χ3n) is 4.20. The predicted molar refractivity (Wildman–Crippen MR) is 93.8 cm³/mol.